The molecule has 0 aliphatic carbocycles. The number of rotatable bonds is 4. The average Bonchev–Trinajstić information content (AvgIpc) is 2.27. The first-order valence-corrected chi connectivity index (χ1v) is 6.16. The monoisotopic (exact) mass is 258 g/mol. The molecule has 1 fully saturated rings. The summed E-state index contributed by atoms with van der Waals surface area (Å²) in [4.78, 5) is 22.1. The van der Waals surface area contributed by atoms with E-state index >= 15 is 0 Å². The third kappa shape index (κ3) is 4.27. The molecule has 104 valence electrons. The Hall–Kier alpha value is -1.14. The van der Waals surface area contributed by atoms with Gasteiger partial charge in [0.1, 0.15) is 0 Å². The Morgan fingerprint density at radius 3 is 2.44 bits per heavy atom. The van der Waals surface area contributed by atoms with Gasteiger partial charge in [-0.25, -0.2) is 0 Å². The van der Waals surface area contributed by atoms with E-state index < -0.39 is 6.29 Å². The van der Waals surface area contributed by atoms with Crippen molar-refractivity contribution in [2.45, 2.75) is 58.1 Å². The van der Waals surface area contributed by atoms with Gasteiger partial charge in [0, 0.05) is 21.0 Å². The Morgan fingerprint density at radius 2 is 1.94 bits per heavy atom. The van der Waals surface area contributed by atoms with Gasteiger partial charge in [-0.05, 0) is 19.8 Å². The van der Waals surface area contributed by atoms with E-state index in [1.165, 1.54) is 13.8 Å². The zero-order chi connectivity index (χ0) is 13.7. The van der Waals surface area contributed by atoms with Crippen LogP contribution in [0.4, 0.5) is 0 Å². The van der Waals surface area contributed by atoms with E-state index in [9.17, 15) is 9.59 Å². The number of carbonyl (C=O) groups excluding carboxylic acids is 2. The number of amides is 2. The van der Waals surface area contributed by atoms with Crippen molar-refractivity contribution in [3.05, 3.63) is 0 Å². The first kappa shape index (κ1) is 14.9. The largest absolute Gasteiger partial charge is 0.354 e. The molecule has 18 heavy (non-hydrogen) atoms. The van der Waals surface area contributed by atoms with Gasteiger partial charge < -0.3 is 20.1 Å². The van der Waals surface area contributed by atoms with Gasteiger partial charge in [0.25, 0.3) is 0 Å². The zero-order valence-electron chi connectivity index (χ0n) is 11.4. The minimum absolute atomic E-state index is 0.0709. The predicted octanol–water partition coefficient (Wildman–Crippen LogP) is 0.167. The number of carbonyl (C=O) groups is 2. The summed E-state index contributed by atoms with van der Waals surface area (Å²) in [5.74, 6) is -0.178. The van der Waals surface area contributed by atoms with E-state index in [1.54, 1.807) is 7.11 Å². The highest BCUT2D eigenvalue weighted by atomic mass is 16.7. The van der Waals surface area contributed by atoms with Crippen LogP contribution >= 0.6 is 0 Å². The van der Waals surface area contributed by atoms with Crippen LogP contribution in [0.25, 0.3) is 0 Å². The third-order valence-electron chi connectivity index (χ3n) is 3.01. The summed E-state index contributed by atoms with van der Waals surface area (Å²) in [5.41, 5.74) is 0. The topological polar surface area (TPSA) is 76.7 Å². The molecule has 0 unspecified atom stereocenters. The van der Waals surface area contributed by atoms with Crippen molar-refractivity contribution < 1.29 is 19.1 Å². The van der Waals surface area contributed by atoms with Crippen LogP contribution < -0.4 is 10.6 Å². The molecular weight excluding hydrogens is 236 g/mol. The summed E-state index contributed by atoms with van der Waals surface area (Å²) in [6, 6.07) is -0.202. The van der Waals surface area contributed by atoms with Crippen LogP contribution in [0, 0.1) is 0 Å². The molecule has 6 nitrogen and oxygen atoms in total. The van der Waals surface area contributed by atoms with Gasteiger partial charge in [0.05, 0.1) is 18.2 Å². The van der Waals surface area contributed by atoms with Crippen molar-refractivity contribution in [1.29, 1.82) is 0 Å². The summed E-state index contributed by atoms with van der Waals surface area (Å²) in [6.07, 6.45) is 0.978. The summed E-state index contributed by atoms with van der Waals surface area (Å²) >= 11 is 0. The summed E-state index contributed by atoms with van der Waals surface area (Å²) in [7, 11) is 1.55. The first-order chi connectivity index (χ1) is 8.43. The fourth-order valence-electron chi connectivity index (χ4n) is 2.22. The maximum atomic E-state index is 11.1. The fraction of sp³-hybridized carbons (Fsp3) is 0.833. The van der Waals surface area contributed by atoms with Crippen LogP contribution in [0.1, 0.15) is 33.6 Å². The summed E-state index contributed by atoms with van der Waals surface area (Å²) in [5, 5.41) is 5.61. The lowest BCUT2D eigenvalue weighted by Gasteiger charge is -2.38. The zero-order valence-corrected chi connectivity index (χ0v) is 11.4. The smallest absolute Gasteiger partial charge is 0.217 e. The lowest BCUT2D eigenvalue weighted by atomic mass is 9.99. The number of hydrogen-bond donors (Lipinski definition) is 2. The predicted molar refractivity (Wildman–Crippen MR) is 65.8 cm³/mol. The van der Waals surface area contributed by atoms with Crippen LogP contribution in [0.15, 0.2) is 0 Å². The molecule has 1 aliphatic rings. The number of ether oxygens (including phenoxy) is 2. The highest BCUT2D eigenvalue weighted by Gasteiger charge is 2.34. The van der Waals surface area contributed by atoms with Gasteiger partial charge in [-0.1, -0.05) is 0 Å². The Morgan fingerprint density at radius 1 is 1.28 bits per heavy atom. The van der Waals surface area contributed by atoms with Crippen molar-refractivity contribution in [2.75, 3.05) is 7.11 Å². The number of methoxy groups -OCH3 is 1. The highest BCUT2D eigenvalue weighted by molar-refractivity contribution is 5.73. The molecule has 0 radical (unpaired) electrons. The molecule has 1 saturated heterocycles. The molecule has 4 atom stereocenters. The molecule has 6 heteroatoms. The lowest BCUT2D eigenvalue weighted by Crippen LogP contribution is -2.54. The maximum absolute atomic E-state index is 11.1. The van der Waals surface area contributed by atoms with Gasteiger partial charge in [0.15, 0.2) is 6.29 Å². The van der Waals surface area contributed by atoms with Gasteiger partial charge >= 0.3 is 0 Å². The minimum Gasteiger partial charge on any atom is -0.354 e. The molecule has 0 spiro atoms. The van der Waals surface area contributed by atoms with Crippen molar-refractivity contribution in [3.8, 4) is 0 Å². The highest BCUT2D eigenvalue weighted by Crippen LogP contribution is 2.22. The normalized spacial score (nSPS) is 29.4. The van der Waals surface area contributed by atoms with Gasteiger partial charge in [-0.3, -0.25) is 9.59 Å². The second kappa shape index (κ2) is 6.70. The molecule has 0 aromatic heterocycles. The van der Waals surface area contributed by atoms with E-state index in [1.807, 2.05) is 6.92 Å². The molecule has 1 heterocycles. The van der Waals surface area contributed by atoms with Gasteiger partial charge in [-0.2, -0.15) is 0 Å². The maximum Gasteiger partial charge on any atom is 0.217 e. The first-order valence-electron chi connectivity index (χ1n) is 6.16. The molecular formula is C12H22N2O4. The molecule has 0 saturated carbocycles. The standard InChI is InChI=1S/C12H22N2O4/c1-7(13-8(2)15)11-6-5-10(14-9(3)16)12(17-4)18-11/h7,10-12H,5-6H2,1-4H3,(H,13,15)(H,14,16)/t7-,10-,11+,12+/m1/s1. The van der Waals surface area contributed by atoms with E-state index in [0.29, 0.717) is 0 Å². The van der Waals surface area contributed by atoms with Crippen LogP contribution in [-0.4, -0.2) is 43.4 Å². The summed E-state index contributed by atoms with van der Waals surface area (Å²) in [6.45, 7) is 4.85. The van der Waals surface area contributed by atoms with Crippen molar-refractivity contribution in [1.82, 2.24) is 10.6 Å². The average molecular weight is 258 g/mol. The van der Waals surface area contributed by atoms with Crippen molar-refractivity contribution in [3.63, 3.8) is 0 Å². The lowest BCUT2D eigenvalue weighted by molar-refractivity contribution is -0.201. The Kier molecular flexibility index (Phi) is 5.55. The number of nitrogens with one attached hydrogen (secondary N) is 2. The minimum atomic E-state index is -0.469. The van der Waals surface area contributed by atoms with Gasteiger partial charge in [-0.15, -0.1) is 0 Å². The van der Waals surface area contributed by atoms with Crippen LogP contribution in [0.5, 0.6) is 0 Å². The van der Waals surface area contributed by atoms with E-state index in [0.717, 1.165) is 12.8 Å². The Bertz CT molecular complexity index is 308. The van der Waals surface area contributed by atoms with E-state index in [-0.39, 0.29) is 30.0 Å². The molecule has 1 aliphatic heterocycles. The Labute approximate surface area is 107 Å². The second-order valence-corrected chi connectivity index (χ2v) is 4.65. The van der Waals surface area contributed by atoms with Crippen molar-refractivity contribution >= 4 is 11.8 Å². The van der Waals surface area contributed by atoms with Crippen LogP contribution in [0.3, 0.4) is 0 Å². The molecule has 0 bridgehead atoms. The fourth-order valence-corrected chi connectivity index (χ4v) is 2.22. The van der Waals surface area contributed by atoms with Crippen LogP contribution in [0.2, 0.25) is 0 Å². The SMILES string of the molecule is CO[C@H]1O[C@H]([C@@H](C)NC(C)=O)CC[C@H]1NC(C)=O. The molecule has 1 rings (SSSR count). The molecule has 0 aromatic rings. The molecule has 2 amide bonds. The van der Waals surface area contributed by atoms with E-state index in [2.05, 4.69) is 10.6 Å². The quantitative estimate of drug-likeness (QED) is 0.753. The van der Waals surface area contributed by atoms with Crippen LogP contribution in [-0.2, 0) is 19.1 Å². The molecule has 0 aromatic carbocycles. The van der Waals surface area contributed by atoms with E-state index in [4.69, 9.17) is 9.47 Å². The molecule has 2 N–H and O–H groups in total. The Balaban J connectivity index is 2.54. The second-order valence-electron chi connectivity index (χ2n) is 4.65. The van der Waals surface area contributed by atoms with Gasteiger partial charge in [0.2, 0.25) is 11.8 Å². The number of hydrogen-bond acceptors (Lipinski definition) is 4. The third-order valence-corrected chi connectivity index (χ3v) is 3.01. The summed E-state index contributed by atoms with van der Waals surface area (Å²) < 4.78 is 11.0. The van der Waals surface area contributed by atoms with Crippen molar-refractivity contribution in [2.24, 2.45) is 0 Å².